The molecule has 0 saturated heterocycles. The van der Waals surface area contributed by atoms with E-state index in [1.54, 1.807) is 4.90 Å². The molecule has 2 rings (SSSR count). The van der Waals surface area contributed by atoms with Gasteiger partial charge in [0.25, 0.3) is 0 Å². The van der Waals surface area contributed by atoms with Crippen molar-refractivity contribution in [3.8, 4) is 0 Å². The van der Waals surface area contributed by atoms with Crippen LogP contribution >= 0.6 is 15.9 Å². The SMILES string of the molecule is CN1C(=O)CC(C)(C)c2cc(Br)ccc21. The summed E-state index contributed by atoms with van der Waals surface area (Å²) in [6.07, 6.45) is 0.576. The lowest BCUT2D eigenvalue weighted by Crippen LogP contribution is -2.39. The van der Waals surface area contributed by atoms with Crippen molar-refractivity contribution in [2.75, 3.05) is 11.9 Å². The molecule has 1 heterocycles. The molecule has 0 radical (unpaired) electrons. The summed E-state index contributed by atoms with van der Waals surface area (Å²) in [6, 6.07) is 6.08. The second-order valence-corrected chi connectivity index (χ2v) is 5.59. The Morgan fingerprint density at radius 1 is 1.40 bits per heavy atom. The molecular formula is C12H14BrNO. The van der Waals surface area contributed by atoms with Crippen LogP contribution in [0.5, 0.6) is 0 Å². The zero-order valence-corrected chi connectivity index (χ0v) is 10.8. The monoisotopic (exact) mass is 267 g/mol. The van der Waals surface area contributed by atoms with Crippen molar-refractivity contribution in [2.24, 2.45) is 0 Å². The Balaban J connectivity index is 2.64. The Morgan fingerprint density at radius 3 is 2.73 bits per heavy atom. The van der Waals surface area contributed by atoms with Crippen molar-refractivity contribution in [3.63, 3.8) is 0 Å². The average Bonchev–Trinajstić information content (AvgIpc) is 2.14. The van der Waals surface area contributed by atoms with Crippen LogP contribution in [0.1, 0.15) is 25.8 Å². The van der Waals surface area contributed by atoms with E-state index in [4.69, 9.17) is 0 Å². The normalized spacial score (nSPS) is 18.9. The third-order valence-electron chi connectivity index (χ3n) is 3.02. The lowest BCUT2D eigenvalue weighted by Gasteiger charge is -2.36. The van der Waals surface area contributed by atoms with Gasteiger partial charge in [0, 0.05) is 29.0 Å². The molecule has 0 aliphatic carbocycles. The summed E-state index contributed by atoms with van der Waals surface area (Å²) in [4.78, 5) is 13.5. The van der Waals surface area contributed by atoms with Crippen molar-refractivity contribution in [3.05, 3.63) is 28.2 Å². The number of carbonyl (C=O) groups is 1. The van der Waals surface area contributed by atoms with Crippen molar-refractivity contribution in [2.45, 2.75) is 25.7 Å². The Morgan fingerprint density at radius 2 is 2.07 bits per heavy atom. The van der Waals surface area contributed by atoms with E-state index in [0.29, 0.717) is 6.42 Å². The van der Waals surface area contributed by atoms with Gasteiger partial charge in [0.1, 0.15) is 0 Å². The summed E-state index contributed by atoms with van der Waals surface area (Å²) in [5.41, 5.74) is 2.20. The maximum Gasteiger partial charge on any atom is 0.227 e. The summed E-state index contributed by atoms with van der Waals surface area (Å²) < 4.78 is 1.07. The Bertz CT molecular complexity index is 426. The van der Waals surface area contributed by atoms with E-state index in [0.717, 1.165) is 10.2 Å². The molecule has 0 aromatic heterocycles. The number of carbonyl (C=O) groups excluding carboxylic acids is 1. The second-order valence-electron chi connectivity index (χ2n) is 4.67. The van der Waals surface area contributed by atoms with Crippen molar-refractivity contribution >= 4 is 27.5 Å². The first-order valence-electron chi connectivity index (χ1n) is 4.98. The number of hydrogen-bond donors (Lipinski definition) is 0. The number of benzene rings is 1. The molecule has 1 aliphatic heterocycles. The molecule has 1 aromatic rings. The fraction of sp³-hybridized carbons (Fsp3) is 0.417. The molecule has 0 unspecified atom stereocenters. The van der Waals surface area contributed by atoms with E-state index in [9.17, 15) is 4.79 Å². The van der Waals surface area contributed by atoms with Gasteiger partial charge in [0.05, 0.1) is 0 Å². The number of nitrogens with zero attached hydrogens (tertiary/aromatic N) is 1. The van der Waals surface area contributed by atoms with Gasteiger partial charge in [-0.25, -0.2) is 0 Å². The van der Waals surface area contributed by atoms with Gasteiger partial charge in [-0.2, -0.15) is 0 Å². The molecule has 80 valence electrons. The average molecular weight is 268 g/mol. The lowest BCUT2D eigenvalue weighted by molar-refractivity contribution is -0.119. The molecule has 0 bridgehead atoms. The molecule has 0 N–H and O–H groups in total. The Kier molecular flexibility index (Phi) is 2.38. The number of anilines is 1. The maximum absolute atomic E-state index is 11.8. The van der Waals surface area contributed by atoms with Gasteiger partial charge < -0.3 is 4.90 Å². The third kappa shape index (κ3) is 1.69. The number of amides is 1. The topological polar surface area (TPSA) is 20.3 Å². The first kappa shape index (κ1) is 10.7. The van der Waals surface area contributed by atoms with Crippen molar-refractivity contribution in [1.82, 2.24) is 0 Å². The molecule has 1 aliphatic rings. The van der Waals surface area contributed by atoms with Crippen LogP contribution in [0.3, 0.4) is 0 Å². The Labute approximate surface area is 98.4 Å². The van der Waals surface area contributed by atoms with E-state index in [-0.39, 0.29) is 11.3 Å². The van der Waals surface area contributed by atoms with Crippen LogP contribution in [-0.2, 0) is 10.2 Å². The summed E-state index contributed by atoms with van der Waals surface area (Å²) in [5, 5.41) is 0. The van der Waals surface area contributed by atoms with E-state index >= 15 is 0 Å². The molecule has 1 amide bonds. The minimum Gasteiger partial charge on any atom is -0.315 e. The standard InChI is InChI=1S/C12H14BrNO/c1-12(2)7-11(15)14(3)10-5-4-8(13)6-9(10)12/h4-6H,7H2,1-3H3. The van der Waals surface area contributed by atoms with Gasteiger partial charge in [-0.15, -0.1) is 0 Å². The summed E-state index contributed by atoms with van der Waals surface area (Å²) >= 11 is 3.47. The highest BCUT2D eigenvalue weighted by molar-refractivity contribution is 9.10. The number of halogens is 1. The molecule has 0 saturated carbocycles. The first-order valence-corrected chi connectivity index (χ1v) is 5.78. The van der Waals surface area contributed by atoms with Crippen LogP contribution in [0.2, 0.25) is 0 Å². The van der Waals surface area contributed by atoms with Crippen LogP contribution in [-0.4, -0.2) is 13.0 Å². The number of hydrogen-bond acceptors (Lipinski definition) is 1. The third-order valence-corrected chi connectivity index (χ3v) is 3.51. The summed E-state index contributed by atoms with van der Waals surface area (Å²) in [6.45, 7) is 4.23. The van der Waals surface area contributed by atoms with E-state index in [1.807, 2.05) is 19.2 Å². The highest BCUT2D eigenvalue weighted by Gasteiger charge is 2.34. The van der Waals surface area contributed by atoms with E-state index in [2.05, 4.69) is 35.8 Å². The Hall–Kier alpha value is -0.830. The maximum atomic E-state index is 11.8. The predicted molar refractivity (Wildman–Crippen MR) is 65.2 cm³/mol. The minimum atomic E-state index is -0.0668. The smallest absolute Gasteiger partial charge is 0.227 e. The summed E-state index contributed by atoms with van der Waals surface area (Å²) in [7, 11) is 1.84. The zero-order valence-electron chi connectivity index (χ0n) is 9.17. The zero-order chi connectivity index (χ0) is 11.2. The highest BCUT2D eigenvalue weighted by atomic mass is 79.9. The number of rotatable bonds is 0. The van der Waals surface area contributed by atoms with Crippen molar-refractivity contribution in [1.29, 1.82) is 0 Å². The van der Waals surface area contributed by atoms with E-state index < -0.39 is 0 Å². The number of fused-ring (bicyclic) bond motifs is 1. The van der Waals surface area contributed by atoms with Crippen LogP contribution in [0, 0.1) is 0 Å². The molecule has 1 aromatic carbocycles. The first-order chi connectivity index (χ1) is 6.92. The van der Waals surface area contributed by atoms with Crippen LogP contribution in [0.25, 0.3) is 0 Å². The second kappa shape index (κ2) is 3.34. The largest absolute Gasteiger partial charge is 0.315 e. The molecule has 3 heteroatoms. The van der Waals surface area contributed by atoms with Gasteiger partial charge in [-0.05, 0) is 23.8 Å². The van der Waals surface area contributed by atoms with Gasteiger partial charge in [0.2, 0.25) is 5.91 Å². The highest BCUT2D eigenvalue weighted by Crippen LogP contribution is 2.40. The van der Waals surface area contributed by atoms with Crippen LogP contribution < -0.4 is 4.90 Å². The fourth-order valence-corrected chi connectivity index (χ4v) is 2.43. The minimum absolute atomic E-state index is 0.0668. The van der Waals surface area contributed by atoms with E-state index in [1.165, 1.54) is 5.56 Å². The molecule has 0 fully saturated rings. The van der Waals surface area contributed by atoms with Gasteiger partial charge in [0.15, 0.2) is 0 Å². The van der Waals surface area contributed by atoms with Gasteiger partial charge >= 0.3 is 0 Å². The quantitative estimate of drug-likeness (QED) is 0.708. The van der Waals surface area contributed by atoms with Crippen molar-refractivity contribution < 1.29 is 4.79 Å². The van der Waals surface area contributed by atoms with Crippen LogP contribution in [0.4, 0.5) is 5.69 Å². The lowest BCUT2D eigenvalue weighted by atomic mass is 9.77. The molecular weight excluding hydrogens is 254 g/mol. The molecule has 2 nitrogen and oxygen atoms in total. The molecule has 0 spiro atoms. The predicted octanol–water partition coefficient (Wildman–Crippen LogP) is 3.09. The molecule has 0 atom stereocenters. The molecule has 15 heavy (non-hydrogen) atoms. The van der Waals surface area contributed by atoms with Gasteiger partial charge in [-0.1, -0.05) is 29.8 Å². The summed E-state index contributed by atoms with van der Waals surface area (Å²) in [5.74, 6) is 0.190. The van der Waals surface area contributed by atoms with Gasteiger partial charge in [-0.3, -0.25) is 4.79 Å². The van der Waals surface area contributed by atoms with Crippen LogP contribution in [0.15, 0.2) is 22.7 Å². The fourth-order valence-electron chi connectivity index (χ4n) is 2.07.